The lowest BCUT2D eigenvalue weighted by molar-refractivity contribution is 0.107. The monoisotopic (exact) mass is 214 g/mol. The van der Waals surface area contributed by atoms with Crippen molar-refractivity contribution in [1.82, 2.24) is 9.80 Å². The number of nitrogens with zero attached hydrogens (tertiary/aromatic N) is 2. The minimum Gasteiger partial charge on any atom is -0.396 e. The Morgan fingerprint density at radius 2 is 1.67 bits per heavy atom. The summed E-state index contributed by atoms with van der Waals surface area (Å²) < 4.78 is 0. The van der Waals surface area contributed by atoms with Crippen molar-refractivity contribution in [2.75, 3.05) is 39.3 Å². The molecule has 15 heavy (non-hydrogen) atoms. The van der Waals surface area contributed by atoms with Crippen molar-refractivity contribution < 1.29 is 5.11 Å². The molecule has 90 valence electrons. The highest BCUT2D eigenvalue weighted by atomic mass is 16.2. The van der Waals surface area contributed by atoms with Crippen LogP contribution in [0.2, 0.25) is 0 Å². The molecule has 3 heteroatoms. The van der Waals surface area contributed by atoms with Gasteiger partial charge in [-0.3, -0.25) is 4.90 Å². The van der Waals surface area contributed by atoms with Gasteiger partial charge in [-0.15, -0.1) is 0 Å². The van der Waals surface area contributed by atoms with Crippen LogP contribution >= 0.6 is 0 Å². The molecular formula is C12H26N2O. The van der Waals surface area contributed by atoms with Gasteiger partial charge in [0.1, 0.15) is 0 Å². The molecule has 0 aromatic heterocycles. The third-order valence-electron chi connectivity index (χ3n) is 3.27. The van der Waals surface area contributed by atoms with Gasteiger partial charge in [0.25, 0.3) is 0 Å². The van der Waals surface area contributed by atoms with Gasteiger partial charge < -0.3 is 10.0 Å². The molecule has 0 spiro atoms. The molecule has 1 aliphatic rings. The molecule has 0 unspecified atom stereocenters. The summed E-state index contributed by atoms with van der Waals surface area (Å²) in [6.07, 6.45) is 3.37. The second-order valence-corrected chi connectivity index (χ2v) is 4.76. The van der Waals surface area contributed by atoms with Crippen molar-refractivity contribution in [3.63, 3.8) is 0 Å². The van der Waals surface area contributed by atoms with Crippen molar-refractivity contribution in [2.24, 2.45) is 0 Å². The van der Waals surface area contributed by atoms with Gasteiger partial charge in [-0.2, -0.15) is 0 Å². The van der Waals surface area contributed by atoms with Gasteiger partial charge in [0.2, 0.25) is 0 Å². The summed E-state index contributed by atoms with van der Waals surface area (Å²) in [4.78, 5) is 5.10. The van der Waals surface area contributed by atoms with Crippen LogP contribution in [0.4, 0.5) is 0 Å². The van der Waals surface area contributed by atoms with Gasteiger partial charge in [-0.05, 0) is 39.7 Å². The Morgan fingerprint density at radius 1 is 1.00 bits per heavy atom. The Labute approximate surface area is 94.1 Å². The molecule has 1 fully saturated rings. The fourth-order valence-corrected chi connectivity index (χ4v) is 2.13. The summed E-state index contributed by atoms with van der Waals surface area (Å²) in [6.45, 7) is 11.0. The first kappa shape index (κ1) is 12.9. The summed E-state index contributed by atoms with van der Waals surface area (Å²) in [5, 5.41) is 8.68. The first-order valence-corrected chi connectivity index (χ1v) is 6.31. The zero-order valence-electron chi connectivity index (χ0n) is 10.3. The zero-order valence-corrected chi connectivity index (χ0v) is 10.3. The van der Waals surface area contributed by atoms with E-state index in [1.807, 2.05) is 0 Å². The predicted molar refractivity (Wildman–Crippen MR) is 64.1 cm³/mol. The number of piperazine rings is 1. The van der Waals surface area contributed by atoms with Crippen LogP contribution in [0, 0.1) is 0 Å². The molecule has 3 nitrogen and oxygen atoms in total. The molecule has 0 aliphatic carbocycles. The van der Waals surface area contributed by atoms with Gasteiger partial charge in [0, 0.05) is 38.8 Å². The summed E-state index contributed by atoms with van der Waals surface area (Å²) in [5.74, 6) is 0. The van der Waals surface area contributed by atoms with Crippen LogP contribution in [0.5, 0.6) is 0 Å². The van der Waals surface area contributed by atoms with Crippen LogP contribution in [-0.4, -0.2) is 60.3 Å². The van der Waals surface area contributed by atoms with E-state index in [4.69, 9.17) is 5.11 Å². The molecule has 1 rings (SSSR count). The van der Waals surface area contributed by atoms with E-state index in [-0.39, 0.29) is 0 Å². The van der Waals surface area contributed by atoms with Crippen LogP contribution < -0.4 is 0 Å². The third-order valence-corrected chi connectivity index (χ3v) is 3.27. The standard InChI is InChI=1S/C12H26N2O/c1-12(2)14-9-7-13(8-10-14)6-4-3-5-11-15/h12,15H,3-11H2,1-2H3. The molecule has 0 saturated carbocycles. The minimum atomic E-state index is 0.348. The Bertz CT molecular complexity index is 154. The summed E-state index contributed by atoms with van der Waals surface area (Å²) in [7, 11) is 0. The fraction of sp³-hybridized carbons (Fsp3) is 1.00. The van der Waals surface area contributed by atoms with Gasteiger partial charge in [-0.25, -0.2) is 0 Å². The smallest absolute Gasteiger partial charge is 0.0431 e. The van der Waals surface area contributed by atoms with Crippen LogP contribution in [0.15, 0.2) is 0 Å². The van der Waals surface area contributed by atoms with Crippen LogP contribution in [0.1, 0.15) is 33.1 Å². The number of hydrogen-bond donors (Lipinski definition) is 1. The molecule has 0 bridgehead atoms. The predicted octanol–water partition coefficient (Wildman–Crippen LogP) is 1.18. The Hall–Kier alpha value is -0.120. The number of aliphatic hydroxyl groups is 1. The van der Waals surface area contributed by atoms with Crippen molar-refractivity contribution in [3.05, 3.63) is 0 Å². The fourth-order valence-electron chi connectivity index (χ4n) is 2.13. The molecule has 0 amide bonds. The van der Waals surface area contributed by atoms with Gasteiger partial charge in [0.15, 0.2) is 0 Å². The SMILES string of the molecule is CC(C)N1CCN(CCCCCO)CC1. The van der Waals surface area contributed by atoms with E-state index in [9.17, 15) is 0 Å². The number of rotatable bonds is 6. The Kier molecular flexibility index (Phi) is 6.22. The summed E-state index contributed by atoms with van der Waals surface area (Å²) >= 11 is 0. The topological polar surface area (TPSA) is 26.7 Å². The molecule has 1 N–H and O–H groups in total. The lowest BCUT2D eigenvalue weighted by Gasteiger charge is -2.36. The second kappa shape index (κ2) is 7.20. The average molecular weight is 214 g/mol. The van der Waals surface area contributed by atoms with E-state index >= 15 is 0 Å². The zero-order chi connectivity index (χ0) is 11.1. The van der Waals surface area contributed by atoms with Gasteiger partial charge >= 0.3 is 0 Å². The second-order valence-electron chi connectivity index (χ2n) is 4.76. The van der Waals surface area contributed by atoms with Crippen molar-refractivity contribution >= 4 is 0 Å². The molecule has 0 aromatic rings. The minimum absolute atomic E-state index is 0.348. The normalized spacial score (nSPS) is 20.0. The Morgan fingerprint density at radius 3 is 2.20 bits per heavy atom. The van der Waals surface area contributed by atoms with Crippen molar-refractivity contribution in [3.8, 4) is 0 Å². The highest BCUT2D eigenvalue weighted by molar-refractivity contribution is 4.73. The van der Waals surface area contributed by atoms with Crippen LogP contribution in [0.3, 0.4) is 0 Å². The molecule has 1 saturated heterocycles. The molecular weight excluding hydrogens is 188 g/mol. The highest BCUT2D eigenvalue weighted by Gasteiger charge is 2.17. The van der Waals surface area contributed by atoms with E-state index in [1.54, 1.807) is 0 Å². The first-order chi connectivity index (χ1) is 7.24. The van der Waals surface area contributed by atoms with E-state index in [0.717, 1.165) is 6.42 Å². The Balaban J connectivity index is 2.04. The van der Waals surface area contributed by atoms with E-state index in [1.165, 1.54) is 45.6 Å². The largest absolute Gasteiger partial charge is 0.396 e. The maximum Gasteiger partial charge on any atom is 0.0431 e. The van der Waals surface area contributed by atoms with E-state index in [0.29, 0.717) is 12.6 Å². The van der Waals surface area contributed by atoms with Crippen LogP contribution in [-0.2, 0) is 0 Å². The molecule has 1 heterocycles. The lowest BCUT2D eigenvalue weighted by Crippen LogP contribution is -2.48. The van der Waals surface area contributed by atoms with E-state index in [2.05, 4.69) is 23.6 Å². The maximum absolute atomic E-state index is 8.68. The number of unbranched alkanes of at least 4 members (excludes halogenated alkanes) is 2. The summed E-state index contributed by atoms with van der Waals surface area (Å²) in [6, 6.07) is 0.696. The molecule has 0 aromatic carbocycles. The van der Waals surface area contributed by atoms with Crippen LogP contribution in [0.25, 0.3) is 0 Å². The maximum atomic E-state index is 8.68. The molecule has 1 aliphatic heterocycles. The molecule has 0 radical (unpaired) electrons. The third kappa shape index (κ3) is 4.96. The quantitative estimate of drug-likeness (QED) is 0.673. The van der Waals surface area contributed by atoms with Crippen molar-refractivity contribution in [2.45, 2.75) is 39.2 Å². The number of aliphatic hydroxyl groups excluding tert-OH is 1. The number of hydrogen-bond acceptors (Lipinski definition) is 3. The van der Waals surface area contributed by atoms with Gasteiger partial charge in [-0.1, -0.05) is 0 Å². The summed E-state index contributed by atoms with van der Waals surface area (Å²) in [5.41, 5.74) is 0. The van der Waals surface area contributed by atoms with Crippen molar-refractivity contribution in [1.29, 1.82) is 0 Å². The average Bonchev–Trinajstić information content (AvgIpc) is 2.25. The van der Waals surface area contributed by atoms with E-state index < -0.39 is 0 Å². The molecule has 0 atom stereocenters. The highest BCUT2D eigenvalue weighted by Crippen LogP contribution is 2.07. The lowest BCUT2D eigenvalue weighted by atomic mass is 10.2. The first-order valence-electron chi connectivity index (χ1n) is 6.31. The van der Waals surface area contributed by atoms with Gasteiger partial charge in [0.05, 0.1) is 0 Å².